The molecule has 2 atom stereocenters. The molecule has 0 rings (SSSR count). The highest BCUT2D eigenvalue weighted by atomic mass is 19.4. The Morgan fingerprint density at radius 2 is 1.94 bits per heavy atom. The zero-order valence-corrected chi connectivity index (χ0v) is 9.90. The number of likely N-dealkylation sites (N-methyl/N-ethyl adjacent to an activating group) is 1. The van der Waals surface area contributed by atoms with Gasteiger partial charge in [0.15, 0.2) is 6.10 Å². The molecule has 2 N–H and O–H groups in total. The Bertz CT molecular complexity index is 199. The topological polar surface area (TPSA) is 41.5 Å². The summed E-state index contributed by atoms with van der Waals surface area (Å²) in [4.78, 5) is 0. The van der Waals surface area contributed by atoms with Crippen molar-refractivity contribution in [3.63, 3.8) is 0 Å². The maximum absolute atomic E-state index is 12.1. The van der Waals surface area contributed by atoms with Crippen molar-refractivity contribution in [2.75, 3.05) is 19.8 Å². The number of ether oxygens (including phenoxy) is 1. The van der Waals surface area contributed by atoms with Crippen LogP contribution in [0.4, 0.5) is 13.2 Å². The molecular formula is C10H20F3NO2. The molecule has 3 nitrogen and oxygen atoms in total. The summed E-state index contributed by atoms with van der Waals surface area (Å²) in [5.74, 6) is 0. The van der Waals surface area contributed by atoms with Crippen molar-refractivity contribution >= 4 is 0 Å². The van der Waals surface area contributed by atoms with Crippen LogP contribution in [0.5, 0.6) is 0 Å². The molecule has 0 heterocycles. The number of hydrogen-bond donors (Lipinski definition) is 2. The standard InChI is InChI=1S/C10H20F3NO2/c1-4-14-9(3,7-15)5-6-16-8(2)10(11,12)13/h8,14-15H,4-7H2,1-3H3. The maximum atomic E-state index is 12.1. The minimum atomic E-state index is -4.33. The Balaban J connectivity index is 3.96. The van der Waals surface area contributed by atoms with Gasteiger partial charge in [-0.25, -0.2) is 0 Å². The molecule has 0 bridgehead atoms. The van der Waals surface area contributed by atoms with E-state index in [1.807, 2.05) is 6.92 Å². The third kappa shape index (κ3) is 5.67. The average Bonchev–Trinajstić information content (AvgIpc) is 2.16. The van der Waals surface area contributed by atoms with Gasteiger partial charge < -0.3 is 15.2 Å². The van der Waals surface area contributed by atoms with Crippen molar-refractivity contribution in [1.29, 1.82) is 0 Å². The van der Waals surface area contributed by atoms with Gasteiger partial charge in [0.25, 0.3) is 0 Å². The lowest BCUT2D eigenvalue weighted by molar-refractivity contribution is -0.215. The molecule has 98 valence electrons. The van der Waals surface area contributed by atoms with E-state index in [0.717, 1.165) is 6.92 Å². The molecule has 0 aliphatic carbocycles. The van der Waals surface area contributed by atoms with Gasteiger partial charge in [-0.3, -0.25) is 0 Å². The SMILES string of the molecule is CCNC(C)(CO)CCOC(C)C(F)(F)F. The fourth-order valence-corrected chi connectivity index (χ4v) is 1.21. The molecule has 0 aromatic heterocycles. The Labute approximate surface area is 94.0 Å². The molecule has 0 amide bonds. The minimum Gasteiger partial charge on any atom is -0.394 e. The highest BCUT2D eigenvalue weighted by Crippen LogP contribution is 2.22. The van der Waals surface area contributed by atoms with E-state index in [4.69, 9.17) is 5.11 Å². The van der Waals surface area contributed by atoms with E-state index in [2.05, 4.69) is 10.1 Å². The fourth-order valence-electron chi connectivity index (χ4n) is 1.21. The molecule has 0 aliphatic rings. The second-order valence-corrected chi connectivity index (χ2v) is 4.05. The number of nitrogens with one attached hydrogen (secondary N) is 1. The first-order chi connectivity index (χ1) is 7.25. The molecule has 0 spiro atoms. The minimum absolute atomic E-state index is 0.0370. The number of halogens is 3. The maximum Gasteiger partial charge on any atom is 0.414 e. The van der Waals surface area contributed by atoms with Crippen LogP contribution in [0.25, 0.3) is 0 Å². The Hall–Kier alpha value is -0.330. The van der Waals surface area contributed by atoms with Gasteiger partial charge in [-0.15, -0.1) is 0 Å². The lowest BCUT2D eigenvalue weighted by Gasteiger charge is -2.29. The first-order valence-corrected chi connectivity index (χ1v) is 5.29. The molecular weight excluding hydrogens is 223 g/mol. The molecule has 16 heavy (non-hydrogen) atoms. The van der Waals surface area contributed by atoms with Crippen LogP contribution in [-0.2, 0) is 4.74 Å². The summed E-state index contributed by atoms with van der Waals surface area (Å²) in [6.07, 6.45) is -5.76. The largest absolute Gasteiger partial charge is 0.414 e. The summed E-state index contributed by atoms with van der Waals surface area (Å²) in [5.41, 5.74) is -0.583. The summed E-state index contributed by atoms with van der Waals surface area (Å²) < 4.78 is 41.0. The number of hydrogen-bond acceptors (Lipinski definition) is 3. The lowest BCUT2D eigenvalue weighted by Crippen LogP contribution is -2.46. The van der Waals surface area contributed by atoms with E-state index in [0.29, 0.717) is 13.0 Å². The molecule has 0 saturated heterocycles. The van der Waals surface area contributed by atoms with Gasteiger partial charge in [0, 0.05) is 12.1 Å². The Morgan fingerprint density at radius 1 is 1.38 bits per heavy atom. The molecule has 2 unspecified atom stereocenters. The molecule has 0 fully saturated rings. The predicted octanol–water partition coefficient (Wildman–Crippen LogP) is 1.70. The molecule has 0 saturated carbocycles. The number of aliphatic hydroxyl groups is 1. The van der Waals surface area contributed by atoms with Crippen molar-refractivity contribution in [2.24, 2.45) is 0 Å². The highest BCUT2D eigenvalue weighted by molar-refractivity contribution is 4.81. The van der Waals surface area contributed by atoms with Crippen LogP contribution in [0.15, 0.2) is 0 Å². The van der Waals surface area contributed by atoms with Crippen LogP contribution in [0.1, 0.15) is 27.2 Å². The Morgan fingerprint density at radius 3 is 2.31 bits per heavy atom. The van der Waals surface area contributed by atoms with E-state index < -0.39 is 17.8 Å². The zero-order valence-electron chi connectivity index (χ0n) is 9.90. The smallest absolute Gasteiger partial charge is 0.394 e. The number of aliphatic hydroxyl groups excluding tert-OH is 1. The molecule has 6 heteroatoms. The average molecular weight is 243 g/mol. The van der Waals surface area contributed by atoms with Crippen LogP contribution in [0, 0.1) is 0 Å². The fraction of sp³-hybridized carbons (Fsp3) is 1.00. The van der Waals surface area contributed by atoms with Crippen molar-refractivity contribution in [3.8, 4) is 0 Å². The summed E-state index contributed by atoms with van der Waals surface area (Å²) in [6, 6.07) is 0. The predicted molar refractivity (Wildman–Crippen MR) is 55.3 cm³/mol. The van der Waals surface area contributed by atoms with Crippen molar-refractivity contribution in [2.45, 2.75) is 45.0 Å². The van der Waals surface area contributed by atoms with Crippen LogP contribution >= 0.6 is 0 Å². The highest BCUT2D eigenvalue weighted by Gasteiger charge is 2.37. The molecule has 0 aromatic rings. The summed E-state index contributed by atoms with van der Waals surface area (Å²) in [6.45, 7) is 5.07. The van der Waals surface area contributed by atoms with E-state index in [-0.39, 0.29) is 13.2 Å². The van der Waals surface area contributed by atoms with Crippen molar-refractivity contribution in [1.82, 2.24) is 5.32 Å². The van der Waals surface area contributed by atoms with E-state index >= 15 is 0 Å². The van der Waals surface area contributed by atoms with Crippen molar-refractivity contribution < 1.29 is 23.0 Å². The van der Waals surface area contributed by atoms with Crippen molar-refractivity contribution in [3.05, 3.63) is 0 Å². The summed E-state index contributed by atoms with van der Waals surface area (Å²) in [7, 11) is 0. The van der Waals surface area contributed by atoms with Gasteiger partial charge in [-0.2, -0.15) is 13.2 Å². The summed E-state index contributed by atoms with van der Waals surface area (Å²) in [5, 5.41) is 12.1. The van der Waals surface area contributed by atoms with E-state index in [9.17, 15) is 13.2 Å². The lowest BCUT2D eigenvalue weighted by atomic mass is 10.00. The van der Waals surface area contributed by atoms with Crippen LogP contribution in [0.2, 0.25) is 0 Å². The first kappa shape index (κ1) is 15.7. The normalized spacial score (nSPS) is 18.2. The first-order valence-electron chi connectivity index (χ1n) is 5.29. The zero-order chi connectivity index (χ0) is 12.8. The van der Waals surface area contributed by atoms with E-state index in [1.165, 1.54) is 0 Å². The van der Waals surface area contributed by atoms with Gasteiger partial charge in [-0.05, 0) is 26.8 Å². The number of alkyl halides is 3. The quantitative estimate of drug-likeness (QED) is 0.715. The Kier molecular flexibility index (Phi) is 6.28. The molecule has 0 aliphatic heterocycles. The van der Waals surface area contributed by atoms with Gasteiger partial charge in [0.2, 0.25) is 0 Å². The van der Waals surface area contributed by atoms with Gasteiger partial charge in [0.05, 0.1) is 6.61 Å². The third-order valence-electron chi connectivity index (χ3n) is 2.44. The van der Waals surface area contributed by atoms with Gasteiger partial charge in [0.1, 0.15) is 0 Å². The number of rotatable bonds is 7. The van der Waals surface area contributed by atoms with E-state index in [1.54, 1.807) is 6.92 Å². The van der Waals surface area contributed by atoms with Gasteiger partial charge in [-0.1, -0.05) is 6.92 Å². The van der Waals surface area contributed by atoms with Crippen LogP contribution < -0.4 is 5.32 Å². The van der Waals surface area contributed by atoms with Gasteiger partial charge >= 0.3 is 6.18 Å². The summed E-state index contributed by atoms with van der Waals surface area (Å²) >= 11 is 0. The second kappa shape index (κ2) is 6.42. The van der Waals surface area contributed by atoms with Crippen LogP contribution in [0.3, 0.4) is 0 Å². The third-order valence-corrected chi connectivity index (χ3v) is 2.44. The second-order valence-electron chi connectivity index (χ2n) is 4.05. The molecule has 0 aromatic carbocycles. The van der Waals surface area contributed by atoms with Crippen LogP contribution in [-0.4, -0.2) is 42.7 Å². The molecule has 0 radical (unpaired) electrons. The monoisotopic (exact) mass is 243 g/mol.